The molecule has 0 saturated carbocycles. The number of aromatic hydroxyl groups is 1. The molecule has 5 aromatic rings. The van der Waals surface area contributed by atoms with Gasteiger partial charge in [0, 0.05) is 28.7 Å². The van der Waals surface area contributed by atoms with E-state index in [2.05, 4.69) is 10.3 Å². The summed E-state index contributed by atoms with van der Waals surface area (Å²) in [7, 11) is 1.49. The number of hydrogen-bond acceptors (Lipinski definition) is 5. The Hall–Kier alpha value is -4.29. The molecule has 0 unspecified atom stereocenters. The second-order valence-corrected chi connectivity index (χ2v) is 7.98. The van der Waals surface area contributed by atoms with Crippen LogP contribution < -0.4 is 14.8 Å². The van der Waals surface area contributed by atoms with Crippen molar-refractivity contribution >= 4 is 44.9 Å². The Balaban J connectivity index is 1.47. The first-order valence-corrected chi connectivity index (χ1v) is 10.8. The van der Waals surface area contributed by atoms with E-state index < -0.39 is 0 Å². The Morgan fingerprint density at radius 1 is 0.941 bits per heavy atom. The van der Waals surface area contributed by atoms with Crippen LogP contribution in [0.25, 0.3) is 21.7 Å². The predicted molar refractivity (Wildman–Crippen MR) is 133 cm³/mol. The minimum Gasteiger partial charge on any atom is -0.504 e. The number of phenolic OH excluding ortho intramolecular Hbond substituents is 1. The van der Waals surface area contributed by atoms with Gasteiger partial charge in [-0.1, -0.05) is 35.9 Å². The van der Waals surface area contributed by atoms with Crippen LogP contribution in [-0.2, 0) is 0 Å². The molecular weight excluding hydrogens is 452 g/mol. The van der Waals surface area contributed by atoms with E-state index in [9.17, 15) is 9.90 Å². The average Bonchev–Trinajstić information content (AvgIpc) is 2.84. The minimum atomic E-state index is -0.279. The third kappa shape index (κ3) is 4.07. The minimum absolute atomic E-state index is 0.0109. The van der Waals surface area contributed by atoms with Crippen molar-refractivity contribution in [3.63, 3.8) is 0 Å². The summed E-state index contributed by atoms with van der Waals surface area (Å²) in [6.45, 7) is 0. The van der Waals surface area contributed by atoms with Crippen LogP contribution in [0.5, 0.6) is 23.0 Å². The van der Waals surface area contributed by atoms with Crippen LogP contribution in [0, 0.1) is 0 Å². The molecule has 0 saturated heterocycles. The number of pyridine rings is 1. The fourth-order valence-electron chi connectivity index (χ4n) is 3.79. The summed E-state index contributed by atoms with van der Waals surface area (Å²) in [5.74, 6) is 1.26. The first kappa shape index (κ1) is 21.6. The van der Waals surface area contributed by atoms with E-state index in [0.717, 1.165) is 10.8 Å². The molecule has 0 spiro atoms. The number of nitrogens with one attached hydrogen (secondary N) is 1. The highest BCUT2D eigenvalue weighted by Gasteiger charge is 2.13. The number of amides is 1. The number of aromatic nitrogens is 1. The molecule has 2 N–H and O–H groups in total. The Kier molecular flexibility index (Phi) is 5.65. The van der Waals surface area contributed by atoms with Crippen molar-refractivity contribution in [2.24, 2.45) is 0 Å². The topological polar surface area (TPSA) is 80.7 Å². The molecule has 5 rings (SSSR count). The number of nitrogens with zero attached hydrogens (tertiary/aromatic N) is 1. The van der Waals surface area contributed by atoms with E-state index in [1.807, 2.05) is 36.4 Å². The van der Waals surface area contributed by atoms with Crippen LogP contribution in [0.4, 0.5) is 5.69 Å². The van der Waals surface area contributed by atoms with Gasteiger partial charge in [0.05, 0.1) is 23.2 Å². The standard InChI is InChI=1S/C27H19ClN2O4/c1-33-26-14-20-23(15-24(26)31)29-12-11-25(20)34-17-9-10-18-16(13-17)5-4-8-22(18)30-27(32)19-6-2-3-7-21(19)28/h2-15,31H,1H3,(H,30,32). The van der Waals surface area contributed by atoms with Crippen molar-refractivity contribution in [3.8, 4) is 23.0 Å². The first-order chi connectivity index (χ1) is 16.5. The molecule has 0 radical (unpaired) electrons. The Morgan fingerprint density at radius 2 is 1.79 bits per heavy atom. The van der Waals surface area contributed by atoms with E-state index >= 15 is 0 Å². The summed E-state index contributed by atoms with van der Waals surface area (Å²) >= 11 is 6.17. The number of ether oxygens (including phenoxy) is 2. The summed E-state index contributed by atoms with van der Waals surface area (Å²) in [5, 5.41) is 15.8. The third-order valence-corrected chi connectivity index (χ3v) is 5.78. The zero-order valence-corrected chi connectivity index (χ0v) is 18.8. The van der Waals surface area contributed by atoms with E-state index in [4.69, 9.17) is 21.1 Å². The van der Waals surface area contributed by atoms with Gasteiger partial charge in [0.2, 0.25) is 0 Å². The van der Waals surface area contributed by atoms with Crippen LogP contribution in [-0.4, -0.2) is 23.1 Å². The molecular formula is C27H19ClN2O4. The molecule has 1 heterocycles. The van der Waals surface area contributed by atoms with E-state index in [1.165, 1.54) is 13.2 Å². The molecule has 0 atom stereocenters. The molecule has 0 fully saturated rings. The maximum atomic E-state index is 12.7. The maximum Gasteiger partial charge on any atom is 0.257 e. The summed E-state index contributed by atoms with van der Waals surface area (Å²) in [4.78, 5) is 17.0. The smallest absolute Gasteiger partial charge is 0.257 e. The molecule has 1 aromatic heterocycles. The molecule has 0 aliphatic heterocycles. The van der Waals surface area contributed by atoms with Crippen LogP contribution in [0.1, 0.15) is 10.4 Å². The molecule has 4 aromatic carbocycles. The number of carbonyl (C=O) groups excluding carboxylic acids is 1. The average molecular weight is 471 g/mol. The highest BCUT2D eigenvalue weighted by Crippen LogP contribution is 2.37. The van der Waals surface area contributed by atoms with Gasteiger partial charge in [0.25, 0.3) is 5.91 Å². The largest absolute Gasteiger partial charge is 0.504 e. The second kappa shape index (κ2) is 8.92. The lowest BCUT2D eigenvalue weighted by Gasteiger charge is -2.13. The quantitative estimate of drug-likeness (QED) is 0.295. The highest BCUT2D eigenvalue weighted by atomic mass is 35.5. The summed E-state index contributed by atoms with van der Waals surface area (Å²) < 4.78 is 11.4. The molecule has 0 bridgehead atoms. The summed E-state index contributed by atoms with van der Waals surface area (Å²) in [6, 6.07) is 23.2. The van der Waals surface area contributed by atoms with Crippen LogP contribution in [0.3, 0.4) is 0 Å². The van der Waals surface area contributed by atoms with Crippen molar-refractivity contribution in [2.75, 3.05) is 12.4 Å². The van der Waals surface area contributed by atoms with Gasteiger partial charge in [-0.05, 0) is 53.9 Å². The fraction of sp³-hybridized carbons (Fsp3) is 0.0370. The van der Waals surface area contributed by atoms with Crippen molar-refractivity contribution in [1.82, 2.24) is 4.98 Å². The van der Waals surface area contributed by atoms with Gasteiger partial charge in [0.15, 0.2) is 11.5 Å². The number of phenols is 1. The molecule has 1 amide bonds. The van der Waals surface area contributed by atoms with Gasteiger partial charge in [-0.2, -0.15) is 0 Å². The lowest BCUT2D eigenvalue weighted by Crippen LogP contribution is -2.12. The van der Waals surface area contributed by atoms with Gasteiger partial charge in [-0.25, -0.2) is 0 Å². The van der Waals surface area contributed by atoms with Gasteiger partial charge in [-0.3, -0.25) is 9.78 Å². The third-order valence-electron chi connectivity index (χ3n) is 5.45. The highest BCUT2D eigenvalue weighted by molar-refractivity contribution is 6.34. The Labute approximate surface area is 200 Å². The molecule has 6 nitrogen and oxygen atoms in total. The van der Waals surface area contributed by atoms with Crippen molar-refractivity contribution in [3.05, 3.63) is 95.6 Å². The van der Waals surface area contributed by atoms with Gasteiger partial charge in [0.1, 0.15) is 11.5 Å². The monoisotopic (exact) mass is 470 g/mol. The molecule has 34 heavy (non-hydrogen) atoms. The van der Waals surface area contributed by atoms with Crippen LogP contribution in [0.15, 0.2) is 85.1 Å². The molecule has 168 valence electrons. The van der Waals surface area contributed by atoms with E-state index in [1.54, 1.807) is 42.6 Å². The normalized spacial score (nSPS) is 10.9. The number of rotatable bonds is 5. The number of methoxy groups -OCH3 is 1. The predicted octanol–water partition coefficient (Wildman–Crippen LogP) is 6.80. The van der Waals surface area contributed by atoms with Crippen molar-refractivity contribution < 1.29 is 19.4 Å². The first-order valence-electron chi connectivity index (χ1n) is 10.5. The van der Waals surface area contributed by atoms with Crippen LogP contribution >= 0.6 is 11.6 Å². The summed E-state index contributed by atoms with van der Waals surface area (Å²) in [5.41, 5.74) is 1.66. The fourth-order valence-corrected chi connectivity index (χ4v) is 4.01. The van der Waals surface area contributed by atoms with Gasteiger partial charge in [-0.15, -0.1) is 0 Å². The number of hydrogen-bond donors (Lipinski definition) is 2. The van der Waals surface area contributed by atoms with E-state index in [-0.39, 0.29) is 11.7 Å². The van der Waals surface area contributed by atoms with Crippen molar-refractivity contribution in [2.45, 2.75) is 0 Å². The number of benzene rings is 4. The summed E-state index contributed by atoms with van der Waals surface area (Å²) in [6.07, 6.45) is 1.62. The lowest BCUT2D eigenvalue weighted by molar-refractivity contribution is 0.102. The Bertz CT molecular complexity index is 1550. The number of anilines is 1. The number of fused-ring (bicyclic) bond motifs is 2. The number of halogens is 1. The maximum absolute atomic E-state index is 12.7. The van der Waals surface area contributed by atoms with E-state index in [0.29, 0.717) is 44.4 Å². The molecule has 7 heteroatoms. The van der Waals surface area contributed by atoms with Crippen LogP contribution in [0.2, 0.25) is 5.02 Å². The van der Waals surface area contributed by atoms with Crippen molar-refractivity contribution in [1.29, 1.82) is 0 Å². The SMILES string of the molecule is COc1cc2c(Oc3ccc4c(NC(=O)c5ccccc5Cl)cccc4c3)ccnc2cc1O. The Morgan fingerprint density at radius 3 is 2.62 bits per heavy atom. The second-order valence-electron chi connectivity index (χ2n) is 7.57. The van der Waals surface area contributed by atoms with Gasteiger partial charge >= 0.3 is 0 Å². The molecule has 0 aliphatic rings. The molecule has 0 aliphatic carbocycles. The zero-order valence-electron chi connectivity index (χ0n) is 18.1. The van der Waals surface area contributed by atoms with Gasteiger partial charge < -0.3 is 19.9 Å². The zero-order chi connectivity index (χ0) is 23.7. The number of carbonyl (C=O) groups is 1. The lowest BCUT2D eigenvalue weighted by atomic mass is 10.1.